The molecule has 0 saturated carbocycles. The summed E-state index contributed by atoms with van der Waals surface area (Å²) in [5, 5.41) is 12.5. The van der Waals surface area contributed by atoms with Gasteiger partial charge in [0, 0.05) is 25.5 Å². The van der Waals surface area contributed by atoms with Crippen molar-refractivity contribution in [2.75, 3.05) is 25.9 Å². The molecule has 0 bridgehead atoms. The molecule has 1 unspecified atom stereocenters. The number of aliphatic hydroxyl groups is 1. The molecule has 2 heterocycles. The molecule has 0 spiro atoms. The first-order chi connectivity index (χ1) is 10.7. The first-order valence-corrected chi connectivity index (χ1v) is 8.93. The molecule has 1 aromatic rings. The van der Waals surface area contributed by atoms with Gasteiger partial charge in [0.05, 0.1) is 25.4 Å². The number of carbonyl (C=O) groups is 2. The van der Waals surface area contributed by atoms with E-state index in [2.05, 4.69) is 5.32 Å². The Bertz CT molecular complexity index is 699. The van der Waals surface area contributed by atoms with E-state index in [0.717, 1.165) is 16.8 Å². The van der Waals surface area contributed by atoms with Crippen molar-refractivity contribution in [3.8, 4) is 0 Å². The molecule has 2 N–H and O–H groups in total. The minimum absolute atomic E-state index is 0.0120. The van der Waals surface area contributed by atoms with Crippen LogP contribution in [0, 0.1) is 0 Å². The maximum absolute atomic E-state index is 11.9. The first-order valence-electron chi connectivity index (χ1n) is 7.08. The number of amides is 4. The normalized spacial score (nSPS) is 16.7. The smallest absolute Gasteiger partial charge is 0.341 e. The van der Waals surface area contributed by atoms with E-state index in [4.69, 9.17) is 0 Å². The number of aryl methyl sites for hydroxylation is 1. The highest BCUT2D eigenvalue weighted by Gasteiger charge is 2.37. The molecule has 0 aromatic carbocycles. The number of hydrogen-bond acceptors (Lipinski definition) is 5. The lowest BCUT2D eigenvalue weighted by Gasteiger charge is -2.17. The lowest BCUT2D eigenvalue weighted by Crippen LogP contribution is -2.44. The minimum Gasteiger partial charge on any atom is -0.387 e. The Balaban J connectivity index is 1.84. The van der Waals surface area contributed by atoms with E-state index in [1.807, 2.05) is 0 Å². The molecular formula is C13H20N4O5S. The van der Waals surface area contributed by atoms with Crippen molar-refractivity contribution in [1.82, 2.24) is 19.1 Å². The van der Waals surface area contributed by atoms with Crippen LogP contribution in [-0.4, -0.2) is 65.2 Å². The van der Waals surface area contributed by atoms with Gasteiger partial charge in [-0.3, -0.25) is 0 Å². The Morgan fingerprint density at radius 2 is 2.13 bits per heavy atom. The zero-order valence-electron chi connectivity index (χ0n) is 13.0. The lowest BCUT2D eigenvalue weighted by atomic mass is 10.2. The molecule has 10 heteroatoms. The van der Waals surface area contributed by atoms with Crippen LogP contribution in [-0.2, 0) is 17.1 Å². The SMILES string of the molecule is Cn1cccc1C(O)CCNC(=O)N1CCN(S(C)(=O)=O)C1=O. The predicted octanol–water partition coefficient (Wildman–Crippen LogP) is -0.145. The summed E-state index contributed by atoms with van der Waals surface area (Å²) in [5.74, 6) is 0. The number of imide groups is 1. The Morgan fingerprint density at radius 1 is 1.43 bits per heavy atom. The van der Waals surface area contributed by atoms with Crippen molar-refractivity contribution in [3.63, 3.8) is 0 Å². The lowest BCUT2D eigenvalue weighted by molar-refractivity contribution is 0.157. The highest BCUT2D eigenvalue weighted by Crippen LogP contribution is 2.16. The first kappa shape index (κ1) is 17.3. The van der Waals surface area contributed by atoms with Gasteiger partial charge in [0.25, 0.3) is 0 Å². The number of aliphatic hydroxyl groups excluding tert-OH is 1. The third kappa shape index (κ3) is 3.82. The van der Waals surface area contributed by atoms with Gasteiger partial charge >= 0.3 is 12.1 Å². The van der Waals surface area contributed by atoms with E-state index in [0.29, 0.717) is 4.31 Å². The molecule has 1 saturated heterocycles. The van der Waals surface area contributed by atoms with Crippen LogP contribution in [0.1, 0.15) is 18.2 Å². The van der Waals surface area contributed by atoms with Crippen LogP contribution in [0.2, 0.25) is 0 Å². The third-order valence-electron chi connectivity index (χ3n) is 3.64. The average molecular weight is 344 g/mol. The zero-order chi connectivity index (χ0) is 17.2. The molecule has 23 heavy (non-hydrogen) atoms. The fourth-order valence-electron chi connectivity index (χ4n) is 2.39. The molecule has 1 aliphatic heterocycles. The van der Waals surface area contributed by atoms with Crippen molar-refractivity contribution < 1.29 is 23.1 Å². The van der Waals surface area contributed by atoms with Crippen molar-refractivity contribution in [2.45, 2.75) is 12.5 Å². The average Bonchev–Trinajstić information content (AvgIpc) is 3.03. The Morgan fingerprint density at radius 3 is 2.65 bits per heavy atom. The summed E-state index contributed by atoms with van der Waals surface area (Å²) >= 11 is 0. The van der Waals surface area contributed by atoms with Gasteiger partial charge in [0.1, 0.15) is 0 Å². The molecule has 2 rings (SSSR count). The van der Waals surface area contributed by atoms with Gasteiger partial charge in [0.15, 0.2) is 0 Å². The summed E-state index contributed by atoms with van der Waals surface area (Å²) < 4.78 is 25.2. The highest BCUT2D eigenvalue weighted by molar-refractivity contribution is 7.88. The maximum Gasteiger partial charge on any atom is 0.341 e. The molecule has 1 atom stereocenters. The summed E-state index contributed by atoms with van der Waals surface area (Å²) in [6.07, 6.45) is 2.26. The Kier molecular flexibility index (Phi) is 4.95. The second kappa shape index (κ2) is 6.59. The Labute approximate surface area is 134 Å². The summed E-state index contributed by atoms with van der Waals surface area (Å²) in [6.45, 7) is 0.128. The van der Waals surface area contributed by atoms with Crippen molar-refractivity contribution in [3.05, 3.63) is 24.0 Å². The topological polar surface area (TPSA) is 112 Å². The number of sulfonamides is 1. The van der Waals surface area contributed by atoms with Gasteiger partial charge in [0.2, 0.25) is 10.0 Å². The summed E-state index contributed by atoms with van der Waals surface area (Å²) in [7, 11) is -1.86. The van der Waals surface area contributed by atoms with Gasteiger partial charge < -0.3 is 15.0 Å². The molecule has 1 fully saturated rings. The van der Waals surface area contributed by atoms with Gasteiger partial charge in [-0.05, 0) is 18.6 Å². The van der Waals surface area contributed by atoms with E-state index >= 15 is 0 Å². The Hall–Kier alpha value is -2.07. The van der Waals surface area contributed by atoms with Crippen molar-refractivity contribution in [1.29, 1.82) is 0 Å². The zero-order valence-corrected chi connectivity index (χ0v) is 13.8. The number of nitrogens with one attached hydrogen (secondary N) is 1. The van der Waals surface area contributed by atoms with E-state index < -0.39 is 28.2 Å². The van der Waals surface area contributed by atoms with Crippen LogP contribution >= 0.6 is 0 Å². The highest BCUT2D eigenvalue weighted by atomic mass is 32.2. The van der Waals surface area contributed by atoms with Gasteiger partial charge in [-0.15, -0.1) is 0 Å². The van der Waals surface area contributed by atoms with E-state index in [9.17, 15) is 23.1 Å². The van der Waals surface area contributed by atoms with Gasteiger partial charge in [-0.2, -0.15) is 0 Å². The molecular weight excluding hydrogens is 324 g/mol. The van der Waals surface area contributed by atoms with E-state index in [1.165, 1.54) is 0 Å². The molecule has 4 amide bonds. The summed E-state index contributed by atoms with van der Waals surface area (Å²) in [6, 6.07) is 2.06. The van der Waals surface area contributed by atoms with Crippen LogP contribution in [0.5, 0.6) is 0 Å². The molecule has 128 valence electrons. The minimum atomic E-state index is -3.67. The van der Waals surface area contributed by atoms with Gasteiger partial charge in [-0.1, -0.05) is 0 Å². The molecule has 0 aliphatic carbocycles. The van der Waals surface area contributed by atoms with Crippen LogP contribution in [0.15, 0.2) is 18.3 Å². The fourth-order valence-corrected chi connectivity index (χ4v) is 3.19. The van der Waals surface area contributed by atoms with E-state index in [-0.39, 0.29) is 26.1 Å². The van der Waals surface area contributed by atoms with Crippen molar-refractivity contribution in [2.24, 2.45) is 7.05 Å². The number of carbonyl (C=O) groups excluding carboxylic acids is 2. The number of aromatic nitrogens is 1. The molecule has 0 radical (unpaired) electrons. The second-order valence-electron chi connectivity index (χ2n) is 5.35. The fraction of sp³-hybridized carbons (Fsp3) is 0.538. The number of urea groups is 2. The summed E-state index contributed by atoms with van der Waals surface area (Å²) in [4.78, 5) is 24.7. The number of hydrogen-bond donors (Lipinski definition) is 2. The number of nitrogens with zero attached hydrogens (tertiary/aromatic N) is 3. The van der Waals surface area contributed by atoms with Crippen LogP contribution < -0.4 is 5.32 Å². The predicted molar refractivity (Wildman–Crippen MR) is 82.0 cm³/mol. The standard InChI is InChI=1S/C13H20N4O5S/c1-15-7-3-4-10(15)11(18)5-6-14-12(19)16-8-9-17(13(16)20)23(2,21)22/h3-4,7,11,18H,5-6,8-9H2,1-2H3,(H,14,19). The van der Waals surface area contributed by atoms with Crippen LogP contribution in [0.25, 0.3) is 0 Å². The van der Waals surface area contributed by atoms with E-state index in [1.54, 1.807) is 29.9 Å². The van der Waals surface area contributed by atoms with Crippen LogP contribution in [0.4, 0.5) is 9.59 Å². The van der Waals surface area contributed by atoms with Crippen LogP contribution in [0.3, 0.4) is 0 Å². The van der Waals surface area contributed by atoms with Gasteiger partial charge in [-0.25, -0.2) is 27.2 Å². The molecule has 1 aliphatic rings. The third-order valence-corrected chi connectivity index (χ3v) is 4.78. The largest absolute Gasteiger partial charge is 0.387 e. The maximum atomic E-state index is 11.9. The van der Waals surface area contributed by atoms with Crippen molar-refractivity contribution >= 4 is 22.1 Å². The molecule has 1 aromatic heterocycles. The molecule has 9 nitrogen and oxygen atoms in total. The quantitative estimate of drug-likeness (QED) is 0.772. The summed E-state index contributed by atoms with van der Waals surface area (Å²) in [5.41, 5.74) is 0.722. The second-order valence-corrected chi connectivity index (χ2v) is 7.26. The number of rotatable bonds is 5. The monoisotopic (exact) mass is 344 g/mol.